The lowest BCUT2D eigenvalue weighted by molar-refractivity contribution is 0.158. The fourth-order valence-corrected chi connectivity index (χ4v) is 2.40. The zero-order chi connectivity index (χ0) is 14.6. The highest BCUT2D eigenvalue weighted by atomic mass is 35.5. The molecule has 0 aliphatic carbocycles. The molecule has 0 fully saturated rings. The van der Waals surface area contributed by atoms with E-state index in [1.165, 1.54) is 18.2 Å². The van der Waals surface area contributed by atoms with Crippen molar-refractivity contribution in [3.05, 3.63) is 28.2 Å². The number of ether oxygens (including phenoxy) is 1. The first kappa shape index (κ1) is 16.1. The van der Waals surface area contributed by atoms with Crippen LogP contribution in [-0.2, 0) is 14.8 Å². The molecule has 0 radical (unpaired) electrons. The maximum Gasteiger partial charge on any atom is 0.428 e. The van der Waals surface area contributed by atoms with Gasteiger partial charge < -0.3 is 4.74 Å². The molecule has 0 spiro atoms. The number of amides is 1. The average Bonchev–Trinajstić information content (AvgIpc) is 2.29. The van der Waals surface area contributed by atoms with Crippen molar-refractivity contribution in [2.24, 2.45) is 0 Å². The van der Waals surface area contributed by atoms with E-state index < -0.39 is 16.1 Å². The van der Waals surface area contributed by atoms with Crippen LogP contribution in [0, 0.1) is 0 Å². The molecule has 8 heteroatoms. The third-order valence-electron chi connectivity index (χ3n) is 2.06. The standard InChI is InChI=1S/C11H13Cl2NO4S/c1-3-6-18-11(15)14(19(2,16)17)8-4-5-9(12)10(13)7-8/h4-5,7H,3,6H2,1-2H3. The molecule has 106 valence electrons. The van der Waals surface area contributed by atoms with Crippen molar-refractivity contribution >= 4 is 45.0 Å². The number of benzene rings is 1. The first-order valence-corrected chi connectivity index (χ1v) is 8.00. The molecule has 0 aromatic heterocycles. The molecular weight excluding hydrogens is 313 g/mol. The van der Waals surface area contributed by atoms with Crippen LogP contribution in [0.2, 0.25) is 10.0 Å². The molecule has 1 aromatic rings. The summed E-state index contributed by atoms with van der Waals surface area (Å²) in [5.74, 6) is 0. The lowest BCUT2D eigenvalue weighted by Crippen LogP contribution is -2.36. The van der Waals surface area contributed by atoms with E-state index in [0.717, 1.165) is 6.26 Å². The van der Waals surface area contributed by atoms with E-state index in [1.54, 1.807) is 6.92 Å². The number of nitrogens with zero attached hydrogens (tertiary/aromatic N) is 1. The van der Waals surface area contributed by atoms with Gasteiger partial charge in [-0.3, -0.25) is 0 Å². The minimum Gasteiger partial charge on any atom is -0.448 e. The van der Waals surface area contributed by atoms with Gasteiger partial charge >= 0.3 is 6.09 Å². The predicted molar refractivity (Wildman–Crippen MR) is 75.4 cm³/mol. The van der Waals surface area contributed by atoms with Crippen molar-refractivity contribution in [1.29, 1.82) is 0 Å². The molecule has 0 saturated carbocycles. The van der Waals surface area contributed by atoms with Crippen LogP contribution in [-0.4, -0.2) is 27.4 Å². The van der Waals surface area contributed by atoms with Crippen LogP contribution in [0.15, 0.2) is 18.2 Å². The zero-order valence-electron chi connectivity index (χ0n) is 10.4. The second-order valence-corrected chi connectivity index (χ2v) is 6.39. The minimum atomic E-state index is -3.82. The molecule has 0 bridgehead atoms. The van der Waals surface area contributed by atoms with Gasteiger partial charge in [0.2, 0.25) is 10.0 Å². The Kier molecular flexibility index (Phi) is 5.46. The van der Waals surface area contributed by atoms with E-state index in [0.29, 0.717) is 10.7 Å². The SMILES string of the molecule is CCCOC(=O)N(c1ccc(Cl)c(Cl)c1)S(C)(=O)=O. The number of hydrogen-bond acceptors (Lipinski definition) is 4. The summed E-state index contributed by atoms with van der Waals surface area (Å²) in [6.07, 6.45) is 0.524. The molecule has 0 heterocycles. The summed E-state index contributed by atoms with van der Waals surface area (Å²) >= 11 is 11.6. The largest absolute Gasteiger partial charge is 0.448 e. The lowest BCUT2D eigenvalue weighted by Gasteiger charge is -2.20. The van der Waals surface area contributed by atoms with Gasteiger partial charge in [0.05, 0.1) is 28.6 Å². The van der Waals surface area contributed by atoms with Crippen molar-refractivity contribution in [2.75, 3.05) is 17.2 Å². The summed E-state index contributed by atoms with van der Waals surface area (Å²) in [5.41, 5.74) is 0.0815. The van der Waals surface area contributed by atoms with Crippen LogP contribution in [0.5, 0.6) is 0 Å². The average molecular weight is 326 g/mol. The molecule has 1 amide bonds. The highest BCUT2D eigenvalue weighted by molar-refractivity contribution is 7.92. The Morgan fingerprint density at radius 3 is 2.42 bits per heavy atom. The molecule has 0 N–H and O–H groups in total. The van der Waals surface area contributed by atoms with Gasteiger partial charge in [0.15, 0.2) is 0 Å². The monoisotopic (exact) mass is 325 g/mol. The Hall–Kier alpha value is -0.980. The van der Waals surface area contributed by atoms with Crippen molar-refractivity contribution in [1.82, 2.24) is 0 Å². The van der Waals surface area contributed by atoms with Crippen LogP contribution >= 0.6 is 23.2 Å². The molecule has 1 rings (SSSR count). The van der Waals surface area contributed by atoms with Gasteiger partial charge in [-0.15, -0.1) is 0 Å². The Labute approximate surface area is 122 Å². The molecule has 0 unspecified atom stereocenters. The summed E-state index contributed by atoms with van der Waals surface area (Å²) in [5, 5.41) is 0.414. The molecule has 0 aliphatic heterocycles. The number of sulfonamides is 1. The molecule has 5 nitrogen and oxygen atoms in total. The van der Waals surface area contributed by atoms with E-state index in [1.807, 2.05) is 0 Å². The smallest absolute Gasteiger partial charge is 0.428 e. The molecule has 0 atom stereocenters. The van der Waals surface area contributed by atoms with Gasteiger partial charge in [0.1, 0.15) is 0 Å². The van der Waals surface area contributed by atoms with Gasteiger partial charge in [-0.2, -0.15) is 4.31 Å². The van der Waals surface area contributed by atoms with Gasteiger partial charge in [-0.25, -0.2) is 13.2 Å². The first-order chi connectivity index (χ1) is 8.77. The minimum absolute atomic E-state index is 0.0815. The maximum atomic E-state index is 11.8. The fraction of sp³-hybridized carbons (Fsp3) is 0.364. The van der Waals surface area contributed by atoms with Gasteiger partial charge in [0, 0.05) is 0 Å². The lowest BCUT2D eigenvalue weighted by atomic mass is 10.3. The van der Waals surface area contributed by atoms with Gasteiger partial charge in [-0.1, -0.05) is 30.1 Å². The second-order valence-electron chi connectivity index (χ2n) is 3.74. The number of carbonyl (C=O) groups excluding carboxylic acids is 1. The topological polar surface area (TPSA) is 63.7 Å². The Balaban J connectivity index is 3.17. The van der Waals surface area contributed by atoms with E-state index in [-0.39, 0.29) is 22.3 Å². The quantitative estimate of drug-likeness (QED) is 0.851. The zero-order valence-corrected chi connectivity index (χ0v) is 12.7. The molecule has 0 aliphatic rings. The number of carbonyl (C=O) groups is 1. The summed E-state index contributed by atoms with van der Waals surface area (Å²) < 4.78 is 28.7. The highest BCUT2D eigenvalue weighted by Gasteiger charge is 2.27. The highest BCUT2D eigenvalue weighted by Crippen LogP contribution is 2.28. The molecule has 19 heavy (non-hydrogen) atoms. The summed E-state index contributed by atoms with van der Waals surface area (Å²) in [6.45, 7) is 1.93. The summed E-state index contributed by atoms with van der Waals surface area (Å²) in [4.78, 5) is 11.8. The Bertz CT molecular complexity index is 574. The Morgan fingerprint density at radius 2 is 1.95 bits per heavy atom. The number of halogens is 2. The van der Waals surface area contributed by atoms with Crippen LogP contribution in [0.25, 0.3) is 0 Å². The third kappa shape index (κ3) is 4.26. The van der Waals surface area contributed by atoms with Crippen LogP contribution < -0.4 is 4.31 Å². The summed E-state index contributed by atoms with van der Waals surface area (Å²) in [6, 6.07) is 4.07. The normalized spacial score (nSPS) is 11.2. The van der Waals surface area contributed by atoms with Crippen molar-refractivity contribution < 1.29 is 17.9 Å². The van der Waals surface area contributed by atoms with E-state index >= 15 is 0 Å². The third-order valence-corrected chi connectivity index (χ3v) is 3.83. The fourth-order valence-electron chi connectivity index (χ4n) is 1.29. The van der Waals surface area contributed by atoms with Crippen molar-refractivity contribution in [2.45, 2.75) is 13.3 Å². The number of anilines is 1. The van der Waals surface area contributed by atoms with Crippen LogP contribution in [0.1, 0.15) is 13.3 Å². The van der Waals surface area contributed by atoms with Crippen LogP contribution in [0.4, 0.5) is 10.5 Å². The number of hydrogen-bond donors (Lipinski definition) is 0. The molecule has 1 aromatic carbocycles. The Morgan fingerprint density at radius 1 is 1.32 bits per heavy atom. The van der Waals surface area contributed by atoms with Crippen molar-refractivity contribution in [3.8, 4) is 0 Å². The predicted octanol–water partition coefficient (Wildman–Crippen LogP) is 3.31. The molecule has 0 saturated heterocycles. The van der Waals surface area contributed by atoms with E-state index in [9.17, 15) is 13.2 Å². The second kappa shape index (κ2) is 6.45. The first-order valence-electron chi connectivity index (χ1n) is 5.39. The van der Waals surface area contributed by atoms with Gasteiger partial charge in [0.25, 0.3) is 0 Å². The summed E-state index contributed by atoms with van der Waals surface area (Å²) in [7, 11) is -3.82. The van der Waals surface area contributed by atoms with Gasteiger partial charge in [-0.05, 0) is 24.6 Å². The van der Waals surface area contributed by atoms with E-state index in [2.05, 4.69) is 0 Å². The molecular formula is C11H13Cl2NO4S. The van der Waals surface area contributed by atoms with Crippen molar-refractivity contribution in [3.63, 3.8) is 0 Å². The van der Waals surface area contributed by atoms with Crippen LogP contribution in [0.3, 0.4) is 0 Å². The number of rotatable bonds is 4. The van der Waals surface area contributed by atoms with E-state index in [4.69, 9.17) is 27.9 Å². The maximum absolute atomic E-state index is 11.8.